The van der Waals surface area contributed by atoms with E-state index in [2.05, 4.69) is 0 Å². The summed E-state index contributed by atoms with van der Waals surface area (Å²) in [5.41, 5.74) is 0.586. The van der Waals surface area contributed by atoms with Crippen molar-refractivity contribution in [1.29, 1.82) is 0 Å². The van der Waals surface area contributed by atoms with Crippen LogP contribution in [0.5, 0.6) is 0 Å². The summed E-state index contributed by atoms with van der Waals surface area (Å²) in [5, 5.41) is 0. The number of fused-ring (bicyclic) bond motifs is 1. The van der Waals surface area contributed by atoms with Crippen molar-refractivity contribution >= 4 is 31.5 Å². The highest BCUT2D eigenvalue weighted by Gasteiger charge is 2.39. The SMILES string of the molecule is CC(CS(=O)(=O)Cl)N1C(=O)c2ccccc2C1=O. The van der Waals surface area contributed by atoms with Crippen LogP contribution in [0.25, 0.3) is 0 Å². The summed E-state index contributed by atoms with van der Waals surface area (Å²) in [4.78, 5) is 24.9. The molecule has 18 heavy (non-hydrogen) atoms. The van der Waals surface area contributed by atoms with Gasteiger partial charge in [-0.15, -0.1) is 0 Å². The molecule has 1 atom stereocenters. The maximum absolute atomic E-state index is 12.0. The molecule has 0 saturated carbocycles. The number of amides is 2. The molecule has 1 aromatic rings. The van der Waals surface area contributed by atoms with Gasteiger partial charge in [0.2, 0.25) is 9.05 Å². The lowest BCUT2D eigenvalue weighted by Crippen LogP contribution is -2.41. The number of hydrogen-bond donors (Lipinski definition) is 0. The number of imide groups is 1. The largest absolute Gasteiger partial charge is 0.270 e. The van der Waals surface area contributed by atoms with Crippen LogP contribution in [0.4, 0.5) is 0 Å². The quantitative estimate of drug-likeness (QED) is 0.619. The zero-order chi connectivity index (χ0) is 13.5. The van der Waals surface area contributed by atoms with E-state index in [1.807, 2.05) is 0 Å². The fraction of sp³-hybridized carbons (Fsp3) is 0.273. The highest BCUT2D eigenvalue weighted by atomic mass is 35.7. The van der Waals surface area contributed by atoms with Gasteiger partial charge in [-0.2, -0.15) is 0 Å². The van der Waals surface area contributed by atoms with Crippen LogP contribution in [0.15, 0.2) is 24.3 Å². The highest BCUT2D eigenvalue weighted by Crippen LogP contribution is 2.25. The molecule has 1 aliphatic rings. The topological polar surface area (TPSA) is 71.5 Å². The molecule has 0 saturated heterocycles. The lowest BCUT2D eigenvalue weighted by molar-refractivity contribution is 0.0611. The minimum atomic E-state index is -3.77. The lowest BCUT2D eigenvalue weighted by atomic mass is 10.1. The average Bonchev–Trinajstić information content (AvgIpc) is 2.50. The number of rotatable bonds is 3. The Bertz CT molecular complexity index is 591. The third-order valence-corrected chi connectivity index (χ3v) is 3.97. The van der Waals surface area contributed by atoms with Crippen LogP contribution in [0.1, 0.15) is 27.6 Å². The molecule has 1 heterocycles. The average molecular weight is 288 g/mol. The van der Waals surface area contributed by atoms with Crippen molar-refractivity contribution in [2.24, 2.45) is 0 Å². The molecule has 1 unspecified atom stereocenters. The summed E-state index contributed by atoms with van der Waals surface area (Å²) >= 11 is 0. The third kappa shape index (κ3) is 2.26. The van der Waals surface area contributed by atoms with Crippen LogP contribution >= 0.6 is 10.7 Å². The molecule has 2 amide bonds. The molecule has 5 nitrogen and oxygen atoms in total. The number of carbonyl (C=O) groups excluding carboxylic acids is 2. The van der Waals surface area contributed by atoms with Crippen molar-refractivity contribution in [3.05, 3.63) is 35.4 Å². The van der Waals surface area contributed by atoms with Crippen molar-refractivity contribution in [2.45, 2.75) is 13.0 Å². The van der Waals surface area contributed by atoms with Gasteiger partial charge in [0.1, 0.15) is 0 Å². The molecular formula is C11H10ClNO4S. The zero-order valence-corrected chi connectivity index (χ0v) is 11.0. The molecule has 1 aromatic carbocycles. The smallest absolute Gasteiger partial charge is 0.261 e. The minimum Gasteiger partial charge on any atom is -0.270 e. The Morgan fingerprint density at radius 1 is 1.17 bits per heavy atom. The summed E-state index contributed by atoms with van der Waals surface area (Å²) in [6.07, 6.45) is 0. The molecule has 0 N–H and O–H groups in total. The first-order valence-electron chi connectivity index (χ1n) is 5.20. The van der Waals surface area contributed by atoms with E-state index in [-0.39, 0.29) is 0 Å². The molecule has 0 aliphatic carbocycles. The van der Waals surface area contributed by atoms with E-state index < -0.39 is 32.7 Å². The van der Waals surface area contributed by atoms with Crippen molar-refractivity contribution < 1.29 is 18.0 Å². The molecule has 96 valence electrons. The Kier molecular flexibility index (Phi) is 3.16. The summed E-state index contributed by atoms with van der Waals surface area (Å²) in [5.74, 6) is -1.42. The fourth-order valence-electron chi connectivity index (χ4n) is 1.97. The minimum absolute atomic E-state index is 0.293. The molecule has 0 radical (unpaired) electrons. The van der Waals surface area contributed by atoms with Crippen LogP contribution in [-0.4, -0.2) is 36.9 Å². The van der Waals surface area contributed by atoms with Gasteiger partial charge in [-0.3, -0.25) is 14.5 Å². The Balaban J connectivity index is 2.34. The summed E-state index contributed by atoms with van der Waals surface area (Å²) in [7, 11) is 1.37. The van der Waals surface area contributed by atoms with Crippen LogP contribution < -0.4 is 0 Å². The highest BCUT2D eigenvalue weighted by molar-refractivity contribution is 8.13. The molecule has 0 fully saturated rings. The van der Waals surface area contributed by atoms with Crippen molar-refractivity contribution in [2.75, 3.05) is 5.75 Å². The molecule has 0 spiro atoms. The van der Waals surface area contributed by atoms with E-state index >= 15 is 0 Å². The second kappa shape index (κ2) is 4.37. The lowest BCUT2D eigenvalue weighted by Gasteiger charge is -2.20. The van der Waals surface area contributed by atoms with Crippen molar-refractivity contribution in [3.63, 3.8) is 0 Å². The first-order valence-corrected chi connectivity index (χ1v) is 7.68. The molecular weight excluding hydrogens is 278 g/mol. The van der Waals surface area contributed by atoms with Crippen LogP contribution in [0, 0.1) is 0 Å². The monoisotopic (exact) mass is 287 g/mol. The maximum Gasteiger partial charge on any atom is 0.261 e. The number of nitrogens with zero attached hydrogens (tertiary/aromatic N) is 1. The van der Waals surface area contributed by atoms with E-state index in [9.17, 15) is 18.0 Å². The fourth-order valence-corrected chi connectivity index (χ4v) is 3.24. The summed E-state index contributed by atoms with van der Waals surface area (Å²) < 4.78 is 22.0. The number of halogens is 1. The summed E-state index contributed by atoms with van der Waals surface area (Å²) in [6.45, 7) is 1.47. The van der Waals surface area contributed by atoms with Gasteiger partial charge in [0.15, 0.2) is 0 Å². The van der Waals surface area contributed by atoms with E-state index in [1.54, 1.807) is 12.1 Å². The van der Waals surface area contributed by atoms with Gasteiger partial charge in [-0.05, 0) is 19.1 Å². The standard InChI is InChI=1S/C11H10ClNO4S/c1-7(6-18(12,16)17)13-10(14)8-4-2-3-5-9(8)11(13)15/h2-5,7H,6H2,1H3. The van der Waals surface area contributed by atoms with Gasteiger partial charge in [-0.25, -0.2) is 8.42 Å². The van der Waals surface area contributed by atoms with Gasteiger partial charge >= 0.3 is 0 Å². The van der Waals surface area contributed by atoms with Crippen molar-refractivity contribution in [3.8, 4) is 0 Å². The Morgan fingerprint density at radius 2 is 1.61 bits per heavy atom. The third-order valence-electron chi connectivity index (χ3n) is 2.71. The molecule has 0 aromatic heterocycles. The maximum atomic E-state index is 12.0. The summed E-state index contributed by atoms with van der Waals surface area (Å²) in [6, 6.07) is 5.59. The first kappa shape index (κ1) is 13.0. The number of benzene rings is 1. The second-order valence-electron chi connectivity index (χ2n) is 4.08. The normalized spacial score (nSPS) is 16.9. The Morgan fingerprint density at radius 3 is 2.00 bits per heavy atom. The van der Waals surface area contributed by atoms with E-state index in [0.29, 0.717) is 11.1 Å². The number of hydrogen-bond acceptors (Lipinski definition) is 4. The molecule has 2 rings (SSSR count). The van der Waals surface area contributed by atoms with Crippen LogP contribution in [-0.2, 0) is 9.05 Å². The first-order chi connectivity index (χ1) is 8.31. The number of carbonyl (C=O) groups is 2. The van der Waals surface area contributed by atoms with Gasteiger partial charge in [0, 0.05) is 10.7 Å². The van der Waals surface area contributed by atoms with E-state index in [0.717, 1.165) is 4.90 Å². The van der Waals surface area contributed by atoms with Crippen LogP contribution in [0.3, 0.4) is 0 Å². The molecule has 0 bridgehead atoms. The van der Waals surface area contributed by atoms with Crippen molar-refractivity contribution in [1.82, 2.24) is 4.90 Å². The van der Waals surface area contributed by atoms with Crippen LogP contribution in [0.2, 0.25) is 0 Å². The predicted octanol–water partition coefficient (Wildman–Crippen LogP) is 1.24. The van der Waals surface area contributed by atoms with Gasteiger partial charge in [-0.1, -0.05) is 12.1 Å². The zero-order valence-electron chi connectivity index (χ0n) is 9.46. The van der Waals surface area contributed by atoms with E-state index in [1.165, 1.54) is 19.1 Å². The van der Waals surface area contributed by atoms with Gasteiger partial charge in [0.25, 0.3) is 11.8 Å². The predicted molar refractivity (Wildman–Crippen MR) is 66.0 cm³/mol. The molecule has 7 heteroatoms. The second-order valence-corrected chi connectivity index (χ2v) is 6.90. The molecule has 1 aliphatic heterocycles. The van der Waals surface area contributed by atoms with E-state index in [4.69, 9.17) is 10.7 Å². The van der Waals surface area contributed by atoms with Gasteiger partial charge in [0.05, 0.1) is 22.9 Å². The Labute approximate surface area is 109 Å². The Hall–Kier alpha value is -1.40. The van der Waals surface area contributed by atoms with Gasteiger partial charge < -0.3 is 0 Å².